The highest BCUT2D eigenvalue weighted by molar-refractivity contribution is 5.93. The topological polar surface area (TPSA) is 71.2 Å². The van der Waals surface area contributed by atoms with Crippen LogP contribution in [0.25, 0.3) is 0 Å². The molecular formula is C16H20N4O. The van der Waals surface area contributed by atoms with Crippen molar-refractivity contribution in [2.75, 3.05) is 30.0 Å². The minimum Gasteiger partial charge on any atom is -0.397 e. The number of carbonyl (C=O) groups is 1. The molecular weight excluding hydrogens is 264 g/mol. The van der Waals surface area contributed by atoms with E-state index in [0.29, 0.717) is 11.4 Å². The second-order valence-corrected chi connectivity index (χ2v) is 5.20. The van der Waals surface area contributed by atoms with Crippen LogP contribution in [-0.2, 0) is 11.2 Å². The highest BCUT2D eigenvalue weighted by Gasteiger charge is 2.08. The zero-order valence-electron chi connectivity index (χ0n) is 12.6. The van der Waals surface area contributed by atoms with Crippen molar-refractivity contribution < 1.29 is 4.79 Å². The molecule has 0 unspecified atom stereocenters. The molecule has 1 amide bonds. The lowest BCUT2D eigenvalue weighted by Gasteiger charge is -2.15. The third kappa shape index (κ3) is 3.95. The molecule has 3 N–H and O–H groups in total. The Balaban J connectivity index is 2.04. The van der Waals surface area contributed by atoms with Crippen molar-refractivity contribution in [2.45, 2.75) is 13.3 Å². The van der Waals surface area contributed by atoms with Crippen LogP contribution in [-0.4, -0.2) is 25.0 Å². The quantitative estimate of drug-likeness (QED) is 0.903. The minimum atomic E-state index is -0.0898. The molecule has 0 spiro atoms. The van der Waals surface area contributed by atoms with Crippen molar-refractivity contribution in [3.63, 3.8) is 0 Å². The van der Waals surface area contributed by atoms with Crippen LogP contribution in [0, 0.1) is 6.92 Å². The van der Waals surface area contributed by atoms with Gasteiger partial charge in [-0.15, -0.1) is 0 Å². The molecule has 0 aliphatic heterocycles. The number of aromatic nitrogens is 1. The van der Waals surface area contributed by atoms with E-state index >= 15 is 0 Å². The second kappa shape index (κ2) is 6.26. The molecule has 0 aliphatic carbocycles. The lowest BCUT2D eigenvalue weighted by atomic mass is 10.1. The van der Waals surface area contributed by atoms with Crippen LogP contribution in [0.15, 0.2) is 36.5 Å². The van der Waals surface area contributed by atoms with Gasteiger partial charge in [0.15, 0.2) is 0 Å². The van der Waals surface area contributed by atoms with Gasteiger partial charge in [0, 0.05) is 31.2 Å². The van der Waals surface area contributed by atoms with Crippen LogP contribution in [0.3, 0.4) is 0 Å². The number of nitrogen functional groups attached to an aromatic ring is 1. The molecule has 110 valence electrons. The summed E-state index contributed by atoms with van der Waals surface area (Å²) in [6.45, 7) is 1.98. The fraction of sp³-hybridized carbons (Fsp3) is 0.250. The Morgan fingerprint density at radius 3 is 2.62 bits per heavy atom. The molecule has 2 rings (SSSR count). The number of nitrogens with zero attached hydrogens (tertiary/aromatic N) is 2. The smallest absolute Gasteiger partial charge is 0.230 e. The summed E-state index contributed by atoms with van der Waals surface area (Å²) in [6, 6.07) is 9.43. The van der Waals surface area contributed by atoms with Gasteiger partial charge in [-0.1, -0.05) is 0 Å². The van der Waals surface area contributed by atoms with Crippen LogP contribution < -0.4 is 16.0 Å². The van der Waals surface area contributed by atoms with Crippen LogP contribution in [0.1, 0.15) is 11.3 Å². The molecule has 1 heterocycles. The number of aryl methyl sites for hydroxylation is 1. The fourth-order valence-electron chi connectivity index (χ4n) is 1.97. The number of pyridine rings is 1. The maximum Gasteiger partial charge on any atom is 0.230 e. The van der Waals surface area contributed by atoms with E-state index in [1.807, 2.05) is 44.1 Å². The number of anilines is 3. The van der Waals surface area contributed by atoms with Gasteiger partial charge < -0.3 is 16.0 Å². The van der Waals surface area contributed by atoms with Crippen molar-refractivity contribution in [3.8, 4) is 0 Å². The molecule has 0 saturated carbocycles. The van der Waals surface area contributed by atoms with Gasteiger partial charge in [0.25, 0.3) is 0 Å². The maximum atomic E-state index is 12.0. The minimum absolute atomic E-state index is 0.0898. The van der Waals surface area contributed by atoms with Crippen molar-refractivity contribution in [2.24, 2.45) is 0 Å². The van der Waals surface area contributed by atoms with Crippen molar-refractivity contribution >= 4 is 23.0 Å². The first-order valence-electron chi connectivity index (χ1n) is 6.74. The van der Waals surface area contributed by atoms with E-state index in [9.17, 15) is 4.79 Å². The first-order valence-corrected chi connectivity index (χ1v) is 6.74. The van der Waals surface area contributed by atoms with E-state index in [4.69, 9.17) is 5.73 Å². The molecule has 1 aromatic heterocycles. The third-order valence-corrected chi connectivity index (χ3v) is 3.19. The SMILES string of the molecule is Cc1cc(N(C)C)ccc1NC(=O)Cc1ccc(N)cn1. The summed E-state index contributed by atoms with van der Waals surface area (Å²) in [5.74, 6) is -0.0898. The molecule has 21 heavy (non-hydrogen) atoms. The van der Waals surface area contributed by atoms with Crippen LogP contribution in [0.4, 0.5) is 17.1 Å². The highest BCUT2D eigenvalue weighted by Crippen LogP contribution is 2.21. The van der Waals surface area contributed by atoms with Gasteiger partial charge in [0.05, 0.1) is 18.3 Å². The third-order valence-electron chi connectivity index (χ3n) is 3.19. The number of hydrogen-bond acceptors (Lipinski definition) is 4. The molecule has 0 bridgehead atoms. The molecule has 1 aromatic carbocycles. The Hall–Kier alpha value is -2.56. The van der Waals surface area contributed by atoms with Crippen LogP contribution in [0.2, 0.25) is 0 Å². The van der Waals surface area contributed by atoms with E-state index in [1.165, 1.54) is 0 Å². The van der Waals surface area contributed by atoms with Crippen molar-refractivity contribution in [1.82, 2.24) is 4.98 Å². The summed E-state index contributed by atoms with van der Waals surface area (Å²) in [6.07, 6.45) is 1.79. The largest absolute Gasteiger partial charge is 0.397 e. The average Bonchev–Trinajstić information content (AvgIpc) is 2.43. The summed E-state index contributed by atoms with van der Waals surface area (Å²) in [5.41, 5.74) is 9.81. The second-order valence-electron chi connectivity index (χ2n) is 5.20. The Kier molecular flexibility index (Phi) is 4.42. The predicted molar refractivity (Wildman–Crippen MR) is 86.5 cm³/mol. The lowest BCUT2D eigenvalue weighted by molar-refractivity contribution is -0.115. The van der Waals surface area contributed by atoms with E-state index in [-0.39, 0.29) is 12.3 Å². The summed E-state index contributed by atoms with van der Waals surface area (Å²) in [5, 5.41) is 2.91. The molecule has 5 nitrogen and oxygen atoms in total. The van der Waals surface area contributed by atoms with Gasteiger partial charge in [-0.3, -0.25) is 9.78 Å². The van der Waals surface area contributed by atoms with Gasteiger partial charge in [0.2, 0.25) is 5.91 Å². The Morgan fingerprint density at radius 2 is 2.05 bits per heavy atom. The lowest BCUT2D eigenvalue weighted by Crippen LogP contribution is -2.16. The van der Waals surface area contributed by atoms with Crippen LogP contribution >= 0.6 is 0 Å². The van der Waals surface area contributed by atoms with Gasteiger partial charge in [-0.25, -0.2) is 0 Å². The fourth-order valence-corrected chi connectivity index (χ4v) is 1.97. The van der Waals surface area contributed by atoms with Crippen molar-refractivity contribution in [3.05, 3.63) is 47.8 Å². The Bertz CT molecular complexity index is 635. The molecule has 2 aromatic rings. The molecule has 0 atom stereocenters. The Morgan fingerprint density at radius 1 is 1.29 bits per heavy atom. The normalized spacial score (nSPS) is 10.2. The summed E-state index contributed by atoms with van der Waals surface area (Å²) >= 11 is 0. The molecule has 5 heteroatoms. The zero-order valence-corrected chi connectivity index (χ0v) is 12.6. The van der Waals surface area contributed by atoms with Crippen LogP contribution in [0.5, 0.6) is 0 Å². The van der Waals surface area contributed by atoms with Gasteiger partial charge >= 0.3 is 0 Å². The molecule has 0 radical (unpaired) electrons. The van der Waals surface area contributed by atoms with E-state index in [1.54, 1.807) is 18.3 Å². The number of rotatable bonds is 4. The first-order chi connectivity index (χ1) is 9.95. The summed E-state index contributed by atoms with van der Waals surface area (Å²) in [4.78, 5) is 18.2. The van der Waals surface area contributed by atoms with Gasteiger partial charge in [-0.05, 0) is 42.8 Å². The maximum absolute atomic E-state index is 12.0. The van der Waals surface area contributed by atoms with E-state index in [2.05, 4.69) is 10.3 Å². The number of hydrogen-bond donors (Lipinski definition) is 2. The number of carbonyl (C=O) groups excluding carboxylic acids is 1. The monoisotopic (exact) mass is 284 g/mol. The van der Waals surface area contributed by atoms with E-state index in [0.717, 1.165) is 16.9 Å². The first kappa shape index (κ1) is 14.8. The van der Waals surface area contributed by atoms with Crippen molar-refractivity contribution in [1.29, 1.82) is 0 Å². The molecule has 0 fully saturated rings. The number of nitrogens with two attached hydrogens (primary N) is 1. The molecule has 0 aliphatic rings. The highest BCUT2D eigenvalue weighted by atomic mass is 16.1. The zero-order chi connectivity index (χ0) is 15.4. The number of benzene rings is 1. The van der Waals surface area contributed by atoms with Gasteiger partial charge in [0.1, 0.15) is 0 Å². The number of nitrogens with one attached hydrogen (secondary N) is 1. The standard InChI is InChI=1S/C16H20N4O/c1-11-8-14(20(2)3)6-7-15(11)19-16(21)9-13-5-4-12(17)10-18-13/h4-8,10H,9,17H2,1-3H3,(H,19,21). The summed E-state index contributed by atoms with van der Waals surface area (Å²) in [7, 11) is 3.97. The van der Waals surface area contributed by atoms with Gasteiger partial charge in [-0.2, -0.15) is 0 Å². The Labute approximate surface area is 124 Å². The average molecular weight is 284 g/mol. The molecule has 0 saturated heterocycles. The predicted octanol–water partition coefficient (Wildman–Crippen LogP) is 2.22. The number of amides is 1. The van der Waals surface area contributed by atoms with E-state index < -0.39 is 0 Å². The summed E-state index contributed by atoms with van der Waals surface area (Å²) < 4.78 is 0.